The molecule has 0 amide bonds. The molecule has 0 heteroatoms. The van der Waals surface area contributed by atoms with Crippen LogP contribution in [0.4, 0.5) is 0 Å². The molecular weight excluding hydrogens is 204 g/mol. The molecule has 0 nitrogen and oxygen atoms in total. The topological polar surface area (TPSA) is 0 Å². The molecule has 0 aromatic heterocycles. The van der Waals surface area contributed by atoms with Crippen LogP contribution in [0.25, 0.3) is 0 Å². The van der Waals surface area contributed by atoms with Gasteiger partial charge >= 0.3 is 0 Å². The number of hydrogen-bond donors (Lipinski definition) is 0. The largest absolute Gasteiger partial charge is 0.103 e. The van der Waals surface area contributed by atoms with Crippen molar-refractivity contribution < 1.29 is 0 Å². The van der Waals surface area contributed by atoms with Crippen molar-refractivity contribution in [2.75, 3.05) is 0 Å². The Morgan fingerprint density at radius 2 is 1.71 bits per heavy atom. The van der Waals surface area contributed by atoms with E-state index in [2.05, 4.69) is 33.4 Å². The van der Waals surface area contributed by atoms with Gasteiger partial charge in [0.25, 0.3) is 0 Å². The van der Waals surface area contributed by atoms with Crippen LogP contribution in [-0.2, 0) is 0 Å². The Morgan fingerprint density at radius 3 is 2.29 bits per heavy atom. The van der Waals surface area contributed by atoms with Crippen LogP contribution in [0.1, 0.15) is 73.1 Å². The molecule has 0 heterocycles. The van der Waals surface area contributed by atoms with Gasteiger partial charge in [-0.25, -0.2) is 0 Å². The normalized spacial score (nSPS) is 31.1. The fourth-order valence-corrected chi connectivity index (χ4v) is 3.39. The second-order valence-electron chi connectivity index (χ2n) is 6.35. The zero-order chi connectivity index (χ0) is 13.1. The molecule has 17 heavy (non-hydrogen) atoms. The van der Waals surface area contributed by atoms with E-state index in [9.17, 15) is 0 Å². The zero-order valence-electron chi connectivity index (χ0n) is 12.5. The average Bonchev–Trinajstić information content (AvgIpc) is 2.31. The summed E-state index contributed by atoms with van der Waals surface area (Å²) < 4.78 is 0. The van der Waals surface area contributed by atoms with Crippen LogP contribution in [0.3, 0.4) is 0 Å². The lowest BCUT2D eigenvalue weighted by Gasteiger charge is -2.43. The zero-order valence-corrected chi connectivity index (χ0v) is 12.5. The van der Waals surface area contributed by atoms with Crippen molar-refractivity contribution in [1.29, 1.82) is 0 Å². The molecule has 0 radical (unpaired) electrons. The lowest BCUT2D eigenvalue weighted by atomic mass is 9.62. The fourth-order valence-electron chi connectivity index (χ4n) is 3.39. The summed E-state index contributed by atoms with van der Waals surface area (Å²) in [6.45, 7) is 15.2. The standard InChI is InChI=1S/C15H24.C2H6/c1-5-15(4)10-8-13-12(11-15)7-6-9-14(13,2)3;1-2/h5H,1,6-11H2,2-4H3;1-2H3. The van der Waals surface area contributed by atoms with E-state index in [4.69, 9.17) is 0 Å². The molecule has 0 aromatic rings. The maximum atomic E-state index is 4.01. The Hall–Kier alpha value is -0.520. The second kappa shape index (κ2) is 5.42. The number of hydrogen-bond acceptors (Lipinski definition) is 0. The Labute approximate surface area is 108 Å². The summed E-state index contributed by atoms with van der Waals surface area (Å²) in [6.07, 6.45) is 10.2. The molecule has 2 aliphatic carbocycles. The van der Waals surface area contributed by atoms with Crippen molar-refractivity contribution in [3.05, 3.63) is 23.8 Å². The van der Waals surface area contributed by atoms with Gasteiger partial charge in [0.1, 0.15) is 0 Å². The van der Waals surface area contributed by atoms with E-state index in [1.807, 2.05) is 13.8 Å². The minimum absolute atomic E-state index is 0.381. The van der Waals surface area contributed by atoms with Crippen LogP contribution in [0.5, 0.6) is 0 Å². The molecule has 0 spiro atoms. The highest BCUT2D eigenvalue weighted by molar-refractivity contribution is 5.29. The Bertz CT molecular complexity index is 306. The van der Waals surface area contributed by atoms with Crippen molar-refractivity contribution in [2.45, 2.75) is 73.1 Å². The van der Waals surface area contributed by atoms with Gasteiger partial charge in [0.15, 0.2) is 0 Å². The number of rotatable bonds is 1. The van der Waals surface area contributed by atoms with Crippen molar-refractivity contribution in [2.24, 2.45) is 10.8 Å². The molecule has 0 bridgehead atoms. The monoisotopic (exact) mass is 234 g/mol. The summed E-state index contributed by atoms with van der Waals surface area (Å²) in [5.74, 6) is 0. The summed E-state index contributed by atoms with van der Waals surface area (Å²) in [5.41, 5.74) is 4.41. The highest BCUT2D eigenvalue weighted by Crippen LogP contribution is 2.51. The minimum atomic E-state index is 0.381. The molecule has 0 aromatic carbocycles. The van der Waals surface area contributed by atoms with Crippen LogP contribution >= 0.6 is 0 Å². The molecule has 1 atom stereocenters. The lowest BCUT2D eigenvalue weighted by molar-refractivity contribution is 0.279. The van der Waals surface area contributed by atoms with Crippen LogP contribution in [-0.4, -0.2) is 0 Å². The van der Waals surface area contributed by atoms with Gasteiger partial charge in [-0.3, -0.25) is 0 Å². The van der Waals surface area contributed by atoms with E-state index in [1.165, 1.54) is 38.5 Å². The lowest BCUT2D eigenvalue weighted by Crippen LogP contribution is -2.29. The van der Waals surface area contributed by atoms with Crippen LogP contribution in [0.15, 0.2) is 23.8 Å². The van der Waals surface area contributed by atoms with Gasteiger partial charge in [0.05, 0.1) is 0 Å². The maximum Gasteiger partial charge on any atom is -0.0109 e. The molecule has 2 aliphatic rings. The molecule has 0 fully saturated rings. The Balaban J connectivity index is 0.000000686. The Kier molecular flexibility index (Phi) is 4.63. The molecule has 0 saturated carbocycles. The van der Waals surface area contributed by atoms with Gasteiger partial charge in [0.2, 0.25) is 0 Å². The summed E-state index contributed by atoms with van der Waals surface area (Å²) in [4.78, 5) is 0. The number of allylic oxidation sites excluding steroid dienone is 3. The minimum Gasteiger partial charge on any atom is -0.103 e. The molecule has 1 unspecified atom stereocenters. The van der Waals surface area contributed by atoms with Crippen molar-refractivity contribution in [3.8, 4) is 0 Å². The van der Waals surface area contributed by atoms with E-state index in [0.717, 1.165) is 0 Å². The van der Waals surface area contributed by atoms with E-state index in [-0.39, 0.29) is 0 Å². The third-order valence-corrected chi connectivity index (χ3v) is 4.58. The molecule has 0 N–H and O–H groups in total. The molecule has 98 valence electrons. The second-order valence-corrected chi connectivity index (χ2v) is 6.35. The van der Waals surface area contributed by atoms with Gasteiger partial charge in [-0.15, -0.1) is 6.58 Å². The summed E-state index contributed by atoms with van der Waals surface area (Å²) in [7, 11) is 0. The quantitative estimate of drug-likeness (QED) is 0.496. The highest BCUT2D eigenvalue weighted by Gasteiger charge is 2.36. The van der Waals surface area contributed by atoms with Gasteiger partial charge < -0.3 is 0 Å². The van der Waals surface area contributed by atoms with Crippen LogP contribution in [0.2, 0.25) is 0 Å². The van der Waals surface area contributed by atoms with Gasteiger partial charge in [-0.1, -0.05) is 51.8 Å². The SMILES string of the molecule is C=CC1(C)CCC2=C(CCCC2(C)C)C1.CC. The predicted molar refractivity (Wildman–Crippen MR) is 78.2 cm³/mol. The molecule has 2 rings (SSSR count). The van der Waals surface area contributed by atoms with E-state index < -0.39 is 0 Å². The first-order chi connectivity index (χ1) is 7.97. The molecule has 0 aliphatic heterocycles. The first-order valence-electron chi connectivity index (χ1n) is 7.32. The summed E-state index contributed by atoms with van der Waals surface area (Å²) in [5, 5.41) is 0. The average molecular weight is 234 g/mol. The van der Waals surface area contributed by atoms with Crippen molar-refractivity contribution in [1.82, 2.24) is 0 Å². The molecule has 0 saturated heterocycles. The highest BCUT2D eigenvalue weighted by atomic mass is 14.4. The van der Waals surface area contributed by atoms with Crippen molar-refractivity contribution >= 4 is 0 Å². The molecular formula is C17H30. The van der Waals surface area contributed by atoms with Crippen LogP contribution < -0.4 is 0 Å². The third kappa shape index (κ3) is 3.03. The smallest absolute Gasteiger partial charge is 0.0109 e. The van der Waals surface area contributed by atoms with Gasteiger partial charge in [-0.05, 0) is 49.4 Å². The Morgan fingerprint density at radius 1 is 1.06 bits per heavy atom. The predicted octanol–water partition coefficient (Wildman–Crippen LogP) is 5.90. The first kappa shape index (κ1) is 14.5. The fraction of sp³-hybridized carbons (Fsp3) is 0.765. The first-order valence-corrected chi connectivity index (χ1v) is 7.32. The van der Waals surface area contributed by atoms with E-state index in [1.54, 1.807) is 11.1 Å². The maximum absolute atomic E-state index is 4.01. The van der Waals surface area contributed by atoms with E-state index >= 15 is 0 Å². The van der Waals surface area contributed by atoms with Crippen LogP contribution in [0, 0.1) is 10.8 Å². The van der Waals surface area contributed by atoms with E-state index in [0.29, 0.717) is 10.8 Å². The summed E-state index contributed by atoms with van der Waals surface area (Å²) >= 11 is 0. The summed E-state index contributed by atoms with van der Waals surface area (Å²) in [6, 6.07) is 0. The van der Waals surface area contributed by atoms with Gasteiger partial charge in [0, 0.05) is 0 Å². The van der Waals surface area contributed by atoms with Crippen molar-refractivity contribution in [3.63, 3.8) is 0 Å². The third-order valence-electron chi connectivity index (χ3n) is 4.58. The van der Waals surface area contributed by atoms with Gasteiger partial charge in [-0.2, -0.15) is 0 Å².